The average Bonchev–Trinajstić information content (AvgIpc) is 2.93. The highest BCUT2D eigenvalue weighted by Crippen LogP contribution is 2.35. The second-order valence-electron chi connectivity index (χ2n) is 11.3. The third-order valence-corrected chi connectivity index (χ3v) is 7.63. The van der Waals surface area contributed by atoms with Crippen molar-refractivity contribution in [2.24, 2.45) is 0 Å². The number of hydrogen-bond acceptors (Lipinski definition) is 7. The number of benzene rings is 1. The van der Waals surface area contributed by atoms with Gasteiger partial charge in [0.05, 0.1) is 22.5 Å². The fourth-order valence-corrected chi connectivity index (χ4v) is 5.54. The molecule has 2 atom stereocenters. The first kappa shape index (κ1) is 29.0. The maximum absolute atomic E-state index is 15.9. The highest BCUT2D eigenvalue weighted by atomic mass is 19.1. The van der Waals surface area contributed by atoms with Crippen LogP contribution in [0.2, 0.25) is 0 Å². The third-order valence-electron chi connectivity index (χ3n) is 7.63. The average molecular weight is 578 g/mol. The van der Waals surface area contributed by atoms with Crippen LogP contribution >= 0.6 is 0 Å². The van der Waals surface area contributed by atoms with Crippen LogP contribution in [0.4, 0.5) is 19.4 Å². The Morgan fingerprint density at radius 2 is 1.60 bits per heavy atom. The van der Waals surface area contributed by atoms with Crippen LogP contribution in [0.25, 0.3) is 28.0 Å². The Morgan fingerprint density at radius 3 is 2.19 bits per heavy atom. The molecule has 4 aromatic rings. The summed E-state index contributed by atoms with van der Waals surface area (Å²) in [6.45, 7) is 11.7. The lowest BCUT2D eigenvalue weighted by Gasteiger charge is -2.43. The molecule has 5 rings (SSSR count). The Hall–Kier alpha value is -4.48. The van der Waals surface area contributed by atoms with Crippen molar-refractivity contribution < 1.29 is 18.7 Å². The summed E-state index contributed by atoms with van der Waals surface area (Å²) in [5, 5.41) is 9.86. The Kier molecular flexibility index (Phi) is 7.65. The van der Waals surface area contributed by atoms with Crippen molar-refractivity contribution in [3.63, 3.8) is 0 Å². The molecule has 0 radical (unpaired) electrons. The van der Waals surface area contributed by atoms with E-state index >= 15 is 4.39 Å². The summed E-state index contributed by atoms with van der Waals surface area (Å²) in [4.78, 5) is 47.0. The number of amides is 1. The molecule has 4 heterocycles. The van der Waals surface area contributed by atoms with Gasteiger partial charge in [0.1, 0.15) is 29.5 Å². The standard InChI is InChI=1S/C30H33F2N7O3/c1-15(2)23-26(24(16(3)4)34-14-33-23)39-28-20(11-22(32)25(35-28)19-9-7-8-10-21(19)31)27(36-29(39)40)37-12-18(6)38(30(41)42)13-17(37)5/h7-11,14-18H,12-13H2,1-6H3,(H,41,42). The molecule has 1 saturated heterocycles. The van der Waals surface area contributed by atoms with Gasteiger partial charge in [-0.15, -0.1) is 0 Å². The number of hydrogen-bond donors (Lipinski definition) is 1. The summed E-state index contributed by atoms with van der Waals surface area (Å²) in [6.07, 6.45) is 0.405. The van der Waals surface area contributed by atoms with Gasteiger partial charge in [0.2, 0.25) is 0 Å². The van der Waals surface area contributed by atoms with Crippen molar-refractivity contribution in [2.75, 3.05) is 18.0 Å². The molecular formula is C30H33F2N7O3. The molecule has 1 aliphatic heterocycles. The lowest BCUT2D eigenvalue weighted by Crippen LogP contribution is -2.58. The number of piperazine rings is 1. The maximum Gasteiger partial charge on any atom is 0.407 e. The van der Waals surface area contributed by atoms with E-state index in [2.05, 4.69) is 19.9 Å². The zero-order chi connectivity index (χ0) is 30.5. The van der Waals surface area contributed by atoms with E-state index in [-0.39, 0.29) is 59.1 Å². The number of aromatic nitrogens is 5. The van der Waals surface area contributed by atoms with Crippen molar-refractivity contribution in [3.8, 4) is 16.9 Å². The van der Waals surface area contributed by atoms with Crippen molar-refractivity contribution in [1.82, 2.24) is 29.4 Å². The van der Waals surface area contributed by atoms with Gasteiger partial charge in [0, 0.05) is 30.7 Å². The molecule has 1 fully saturated rings. The number of carboxylic acid groups (broad SMARTS) is 1. The quantitative estimate of drug-likeness (QED) is 0.338. The van der Waals surface area contributed by atoms with E-state index in [9.17, 15) is 19.1 Å². The van der Waals surface area contributed by atoms with Gasteiger partial charge in [-0.3, -0.25) is 0 Å². The van der Waals surface area contributed by atoms with Crippen molar-refractivity contribution in [3.05, 3.63) is 70.2 Å². The van der Waals surface area contributed by atoms with Crippen LogP contribution in [-0.4, -0.2) is 65.8 Å². The first-order chi connectivity index (χ1) is 19.9. The van der Waals surface area contributed by atoms with E-state index in [0.29, 0.717) is 17.1 Å². The van der Waals surface area contributed by atoms with Gasteiger partial charge in [0.15, 0.2) is 5.65 Å². The monoisotopic (exact) mass is 577 g/mol. The molecule has 0 bridgehead atoms. The zero-order valence-corrected chi connectivity index (χ0v) is 24.3. The van der Waals surface area contributed by atoms with Crippen molar-refractivity contribution in [2.45, 2.75) is 65.5 Å². The van der Waals surface area contributed by atoms with Crippen LogP contribution in [0.15, 0.2) is 41.5 Å². The van der Waals surface area contributed by atoms with E-state index in [1.165, 1.54) is 40.1 Å². The largest absolute Gasteiger partial charge is 0.465 e. The Bertz CT molecular complexity index is 1710. The molecule has 1 aromatic carbocycles. The number of anilines is 1. The predicted molar refractivity (Wildman–Crippen MR) is 155 cm³/mol. The van der Waals surface area contributed by atoms with Crippen LogP contribution in [0, 0.1) is 11.6 Å². The molecule has 42 heavy (non-hydrogen) atoms. The van der Waals surface area contributed by atoms with Crippen LogP contribution in [0.3, 0.4) is 0 Å². The van der Waals surface area contributed by atoms with E-state index in [1.54, 1.807) is 17.9 Å². The number of carbonyl (C=O) groups is 1. The van der Waals surface area contributed by atoms with E-state index in [0.717, 1.165) is 0 Å². The van der Waals surface area contributed by atoms with Crippen LogP contribution in [-0.2, 0) is 0 Å². The molecule has 2 unspecified atom stereocenters. The predicted octanol–water partition coefficient (Wildman–Crippen LogP) is 5.34. The van der Waals surface area contributed by atoms with Crippen LogP contribution in [0.5, 0.6) is 0 Å². The minimum absolute atomic E-state index is 0.0520. The van der Waals surface area contributed by atoms with Gasteiger partial charge in [-0.05, 0) is 43.9 Å². The number of pyridine rings is 1. The topological polar surface area (TPSA) is 117 Å². The summed E-state index contributed by atoms with van der Waals surface area (Å²) < 4.78 is 32.0. The summed E-state index contributed by atoms with van der Waals surface area (Å²) in [6, 6.07) is 6.15. The molecule has 0 saturated carbocycles. The molecule has 0 aliphatic carbocycles. The first-order valence-electron chi connectivity index (χ1n) is 13.9. The normalized spacial score (nSPS) is 17.5. The van der Waals surface area contributed by atoms with Crippen molar-refractivity contribution >= 4 is 22.9 Å². The summed E-state index contributed by atoms with van der Waals surface area (Å²) in [5.74, 6) is -1.50. The molecule has 3 aromatic heterocycles. The Morgan fingerprint density at radius 1 is 0.952 bits per heavy atom. The SMILES string of the molecule is CC(C)c1ncnc(C(C)C)c1-n1c(=O)nc(N2CC(C)N(C(=O)O)CC2C)c2cc(F)c(-c3ccccc3F)nc21. The van der Waals surface area contributed by atoms with Crippen LogP contribution in [0.1, 0.15) is 64.8 Å². The van der Waals surface area contributed by atoms with Gasteiger partial charge < -0.3 is 14.9 Å². The van der Waals surface area contributed by atoms with Gasteiger partial charge in [0.25, 0.3) is 0 Å². The van der Waals surface area contributed by atoms with Gasteiger partial charge in [-0.2, -0.15) is 4.98 Å². The molecule has 1 N–H and O–H groups in total. The fourth-order valence-electron chi connectivity index (χ4n) is 5.54. The van der Waals surface area contributed by atoms with E-state index in [1.807, 2.05) is 34.6 Å². The van der Waals surface area contributed by atoms with Crippen molar-refractivity contribution in [1.29, 1.82) is 0 Å². The number of nitrogens with zero attached hydrogens (tertiary/aromatic N) is 7. The molecule has 12 heteroatoms. The van der Waals surface area contributed by atoms with Crippen LogP contribution < -0.4 is 10.6 Å². The number of halogens is 2. The molecule has 1 amide bonds. The maximum atomic E-state index is 15.9. The van der Waals surface area contributed by atoms with Gasteiger partial charge >= 0.3 is 11.8 Å². The molecule has 220 valence electrons. The second kappa shape index (κ2) is 11.1. The fraction of sp³-hybridized carbons (Fsp3) is 0.400. The molecule has 0 spiro atoms. The lowest BCUT2D eigenvalue weighted by molar-refractivity contribution is 0.114. The molecule has 1 aliphatic rings. The minimum Gasteiger partial charge on any atom is -0.465 e. The van der Waals surface area contributed by atoms with Gasteiger partial charge in [-0.1, -0.05) is 39.8 Å². The first-order valence-corrected chi connectivity index (χ1v) is 13.9. The summed E-state index contributed by atoms with van der Waals surface area (Å²) >= 11 is 0. The second-order valence-corrected chi connectivity index (χ2v) is 11.3. The smallest absolute Gasteiger partial charge is 0.407 e. The number of fused-ring (bicyclic) bond motifs is 1. The summed E-state index contributed by atoms with van der Waals surface area (Å²) in [5.41, 5.74) is 0.664. The summed E-state index contributed by atoms with van der Waals surface area (Å²) in [7, 11) is 0. The highest BCUT2D eigenvalue weighted by Gasteiger charge is 2.35. The lowest BCUT2D eigenvalue weighted by atomic mass is 10.0. The molecule has 10 nitrogen and oxygen atoms in total. The Labute approximate surface area is 241 Å². The van der Waals surface area contributed by atoms with E-state index in [4.69, 9.17) is 0 Å². The third kappa shape index (κ3) is 4.94. The van der Waals surface area contributed by atoms with Gasteiger partial charge in [-0.25, -0.2) is 37.9 Å². The molecular weight excluding hydrogens is 544 g/mol. The minimum atomic E-state index is -1.05. The van der Waals surface area contributed by atoms with E-state index < -0.39 is 29.5 Å². The zero-order valence-electron chi connectivity index (χ0n) is 24.3. The number of rotatable bonds is 5. The Balaban J connectivity index is 1.88. The highest BCUT2D eigenvalue weighted by molar-refractivity contribution is 5.90.